The largest absolute Gasteiger partial charge is 1.00 e. The first kappa shape index (κ1) is 10.7. The normalized spacial score (nSPS) is 8.20. The summed E-state index contributed by atoms with van der Waals surface area (Å²) in [4.78, 5) is 7.93. The third kappa shape index (κ3) is 3.19. The van der Waals surface area contributed by atoms with E-state index in [9.17, 15) is 0 Å². The molecule has 0 spiro atoms. The minimum Gasteiger partial charge on any atom is -0.469 e. The monoisotopic (exact) mass is 207 g/mol. The fraction of sp³-hybridized carbons (Fsp3) is 0.333. The molecule has 0 aliphatic carbocycles. The third-order valence-electron chi connectivity index (χ3n) is 0.990. The smallest absolute Gasteiger partial charge is 0.469 e. The summed E-state index contributed by atoms with van der Waals surface area (Å²) in [6.07, 6.45) is 1.70. The molecular weight excluding hydrogens is 200 g/mol. The van der Waals surface area contributed by atoms with Gasteiger partial charge >= 0.3 is 58.2 Å². The van der Waals surface area contributed by atoms with Crippen LogP contribution < -0.4 is 58.2 Å². The van der Waals surface area contributed by atoms with Gasteiger partial charge in [0.25, 0.3) is 0 Å². The Morgan fingerprint density at radius 1 is 1.50 bits per heavy atom. The Balaban J connectivity index is 0.000000810. The Labute approximate surface area is 109 Å². The number of hydrogen-bond donors (Lipinski definition) is 0. The Hall–Kier alpha value is 0.685. The minimum atomic E-state index is 0. The Morgan fingerprint density at radius 2 is 2.20 bits per heavy atom. The van der Waals surface area contributed by atoms with E-state index in [-0.39, 0.29) is 58.2 Å². The van der Waals surface area contributed by atoms with Crippen molar-refractivity contribution in [1.82, 2.24) is 9.97 Å². The van der Waals surface area contributed by atoms with Gasteiger partial charge in [0.2, 0.25) is 0 Å². The Morgan fingerprint density at radius 3 is 2.60 bits per heavy atom. The second kappa shape index (κ2) is 5.35. The number of aryl methyl sites for hydroxylation is 1. The molecule has 0 unspecified atom stereocenters. The van der Waals surface area contributed by atoms with Crippen molar-refractivity contribution in [2.45, 2.75) is 6.92 Å². The van der Waals surface area contributed by atoms with Crippen LogP contribution in [0.15, 0.2) is 12.3 Å². The van der Waals surface area contributed by atoms with Gasteiger partial charge in [0, 0.05) is 12.0 Å². The average Bonchev–Trinajstić information content (AvgIpc) is 1.88. The maximum atomic E-state index is 4.01. The second-order valence-corrected chi connectivity index (χ2v) is 1.69. The summed E-state index contributed by atoms with van der Waals surface area (Å²) in [7, 11) is 1.71. The Bertz CT molecular complexity index is 202. The van der Waals surface area contributed by atoms with Gasteiger partial charge in [-0.1, -0.05) is 12.9 Å². The molecule has 0 N–H and O–H groups in total. The van der Waals surface area contributed by atoms with Crippen molar-refractivity contribution < 1.29 is 58.2 Å². The number of hydrogen-bond acceptors (Lipinski definition) is 2. The van der Waals surface area contributed by atoms with Crippen molar-refractivity contribution in [2.75, 3.05) is 7.05 Å². The van der Waals surface area contributed by atoms with Crippen LogP contribution in [-0.4, -0.2) is 17.0 Å². The molecule has 0 atom stereocenters. The molecule has 0 aliphatic rings. The summed E-state index contributed by atoms with van der Waals surface area (Å²) in [5.41, 5.74) is 0. The van der Waals surface area contributed by atoms with E-state index in [2.05, 4.69) is 15.3 Å². The molecule has 0 radical (unpaired) electrons. The predicted octanol–water partition coefficient (Wildman–Crippen LogP) is -1.58. The molecule has 0 amide bonds. The standard InChI is InChI=1S/C6H8N3.Rb/c1-5-8-4-3-6(7-2)9-5;/h3-4H,1-2H3;/q-1;+1. The van der Waals surface area contributed by atoms with Gasteiger partial charge in [-0.15, -0.1) is 0 Å². The molecule has 0 fully saturated rings. The van der Waals surface area contributed by atoms with E-state index in [4.69, 9.17) is 0 Å². The van der Waals surface area contributed by atoms with E-state index in [0.29, 0.717) is 0 Å². The maximum Gasteiger partial charge on any atom is 1.00 e. The molecule has 0 saturated heterocycles. The summed E-state index contributed by atoms with van der Waals surface area (Å²) in [5.74, 6) is 1.50. The minimum absolute atomic E-state index is 0. The third-order valence-corrected chi connectivity index (χ3v) is 0.990. The van der Waals surface area contributed by atoms with Crippen LogP contribution in [0.2, 0.25) is 0 Å². The average molecular weight is 208 g/mol. The number of rotatable bonds is 1. The van der Waals surface area contributed by atoms with Crippen LogP contribution >= 0.6 is 0 Å². The van der Waals surface area contributed by atoms with Crippen LogP contribution in [0.1, 0.15) is 5.82 Å². The van der Waals surface area contributed by atoms with Gasteiger partial charge in [0.1, 0.15) is 0 Å². The number of aromatic nitrogens is 2. The van der Waals surface area contributed by atoms with E-state index in [1.165, 1.54) is 0 Å². The number of nitrogens with zero attached hydrogens (tertiary/aromatic N) is 3. The first-order chi connectivity index (χ1) is 4.33. The molecular formula is C6H8N3Rb. The van der Waals surface area contributed by atoms with Gasteiger partial charge in [0.15, 0.2) is 0 Å². The zero-order valence-corrected chi connectivity index (χ0v) is 11.4. The van der Waals surface area contributed by atoms with Gasteiger partial charge in [-0.2, -0.15) is 0 Å². The second-order valence-electron chi connectivity index (χ2n) is 1.69. The molecule has 0 saturated carbocycles. The molecule has 3 nitrogen and oxygen atoms in total. The van der Waals surface area contributed by atoms with Crippen molar-refractivity contribution in [2.24, 2.45) is 0 Å². The van der Waals surface area contributed by atoms with Crippen molar-refractivity contribution in [1.29, 1.82) is 0 Å². The molecule has 0 aliphatic heterocycles. The SMILES string of the molecule is C[N-]c1ccnc(C)n1.[Rb+]. The molecule has 4 heteroatoms. The van der Waals surface area contributed by atoms with Gasteiger partial charge in [-0.05, 0) is 13.0 Å². The zero-order chi connectivity index (χ0) is 6.69. The molecule has 10 heavy (non-hydrogen) atoms. The molecule has 1 rings (SSSR count). The fourth-order valence-electron chi connectivity index (χ4n) is 0.568. The predicted molar refractivity (Wildman–Crippen MR) is 35.7 cm³/mol. The van der Waals surface area contributed by atoms with Crippen LogP contribution in [0.25, 0.3) is 5.32 Å². The molecule has 1 aromatic heterocycles. The molecule has 1 heterocycles. The quantitative estimate of drug-likeness (QED) is 0.558. The summed E-state index contributed by atoms with van der Waals surface area (Å²) in [5, 5.41) is 3.88. The first-order valence-electron chi connectivity index (χ1n) is 2.72. The van der Waals surface area contributed by atoms with Crippen molar-refractivity contribution in [3.63, 3.8) is 0 Å². The summed E-state index contributed by atoms with van der Waals surface area (Å²) >= 11 is 0. The fourth-order valence-corrected chi connectivity index (χ4v) is 0.568. The zero-order valence-electron chi connectivity index (χ0n) is 6.50. The first-order valence-corrected chi connectivity index (χ1v) is 2.72. The summed E-state index contributed by atoms with van der Waals surface area (Å²) < 4.78 is 0. The van der Waals surface area contributed by atoms with Gasteiger partial charge in [0.05, 0.1) is 0 Å². The van der Waals surface area contributed by atoms with E-state index in [1.807, 2.05) is 6.92 Å². The summed E-state index contributed by atoms with van der Waals surface area (Å²) in [6.45, 7) is 1.84. The van der Waals surface area contributed by atoms with E-state index < -0.39 is 0 Å². The van der Waals surface area contributed by atoms with Crippen LogP contribution in [-0.2, 0) is 0 Å². The Kier molecular flexibility index (Phi) is 5.72. The molecule has 1 aromatic rings. The van der Waals surface area contributed by atoms with E-state index in [1.54, 1.807) is 19.3 Å². The topological polar surface area (TPSA) is 39.9 Å². The van der Waals surface area contributed by atoms with Crippen molar-refractivity contribution in [3.8, 4) is 0 Å². The van der Waals surface area contributed by atoms with Crippen LogP contribution in [0.5, 0.6) is 0 Å². The molecule has 0 aromatic carbocycles. The van der Waals surface area contributed by atoms with Crippen LogP contribution in [0.4, 0.5) is 5.82 Å². The van der Waals surface area contributed by atoms with Gasteiger partial charge in [-0.3, -0.25) is 4.98 Å². The van der Waals surface area contributed by atoms with E-state index in [0.717, 1.165) is 11.6 Å². The van der Waals surface area contributed by atoms with E-state index >= 15 is 0 Å². The summed E-state index contributed by atoms with van der Waals surface area (Å²) in [6, 6.07) is 1.77. The van der Waals surface area contributed by atoms with Gasteiger partial charge in [-0.25, -0.2) is 0 Å². The molecule has 48 valence electrons. The van der Waals surface area contributed by atoms with Gasteiger partial charge < -0.3 is 10.3 Å². The van der Waals surface area contributed by atoms with Crippen molar-refractivity contribution in [3.05, 3.63) is 23.4 Å². The van der Waals surface area contributed by atoms with Crippen molar-refractivity contribution >= 4 is 5.82 Å². The molecule has 0 bridgehead atoms. The van der Waals surface area contributed by atoms with Crippen LogP contribution in [0.3, 0.4) is 0 Å². The maximum absolute atomic E-state index is 4.01. The van der Waals surface area contributed by atoms with Crippen LogP contribution in [0, 0.1) is 6.92 Å².